The van der Waals surface area contributed by atoms with Gasteiger partial charge in [-0.3, -0.25) is 0 Å². The Balaban J connectivity index is 1.01. The molecular formula is C104H110BN3. The molecule has 16 rings (SSSR count). The number of benzene rings is 12. The third-order valence-electron chi connectivity index (χ3n) is 23.9. The van der Waals surface area contributed by atoms with E-state index in [2.05, 4.69) is 411 Å². The lowest BCUT2D eigenvalue weighted by atomic mass is 9.33. The maximum absolute atomic E-state index is 2.65. The number of hydrogen-bond donors (Lipinski definition) is 0. The van der Waals surface area contributed by atoms with Crippen molar-refractivity contribution in [2.45, 2.75) is 209 Å². The molecule has 2 aliphatic heterocycles. The van der Waals surface area contributed by atoms with Crippen LogP contribution in [0.3, 0.4) is 0 Å². The number of hydrogen-bond acceptors (Lipinski definition) is 2. The fourth-order valence-corrected chi connectivity index (χ4v) is 16.9. The molecule has 12 aromatic carbocycles. The molecule has 0 unspecified atom stereocenters. The quantitative estimate of drug-likeness (QED) is 0.147. The summed E-state index contributed by atoms with van der Waals surface area (Å²) in [5.41, 5.74) is 37.0. The van der Waals surface area contributed by atoms with E-state index in [0.717, 1.165) is 16.9 Å². The highest BCUT2D eigenvalue weighted by atomic mass is 15.2. The van der Waals surface area contributed by atoms with Crippen LogP contribution in [0.5, 0.6) is 0 Å². The van der Waals surface area contributed by atoms with Gasteiger partial charge >= 0.3 is 0 Å². The maximum atomic E-state index is 2.65. The lowest BCUT2D eigenvalue weighted by Crippen LogP contribution is -2.61. The Kier molecular flexibility index (Phi) is 16.6. The van der Waals surface area contributed by atoms with Crippen LogP contribution in [0.25, 0.3) is 93.7 Å². The van der Waals surface area contributed by atoms with Crippen LogP contribution in [0.4, 0.5) is 34.1 Å². The minimum atomic E-state index is -0.149. The Bertz CT molecular complexity index is 5530. The summed E-state index contributed by atoms with van der Waals surface area (Å²) >= 11 is 0. The molecule has 3 nitrogen and oxygen atoms in total. The molecule has 0 radical (unpaired) electrons. The van der Waals surface area contributed by atoms with Crippen LogP contribution in [-0.2, 0) is 43.3 Å². The van der Waals surface area contributed by atoms with Crippen LogP contribution in [0.15, 0.2) is 231 Å². The Morgan fingerprint density at radius 3 is 0.852 bits per heavy atom. The van der Waals surface area contributed by atoms with E-state index >= 15 is 0 Å². The second-order valence-electron chi connectivity index (χ2n) is 40.2. The summed E-state index contributed by atoms with van der Waals surface area (Å²) in [7, 11) is 0. The minimum absolute atomic E-state index is 0.0330. The van der Waals surface area contributed by atoms with Crippen molar-refractivity contribution >= 4 is 95.3 Å². The summed E-state index contributed by atoms with van der Waals surface area (Å²) in [4.78, 5) is 5.30. The zero-order valence-corrected chi connectivity index (χ0v) is 68.9. The standard InChI is InChI=1S/C104H110BN3/c1-97(2,3)73-46-68(47-74(59-73)98(4,5)6)63-32-39-81(40-33-63)106-91-55-66(70-50-77(101(13,14)15)61-78(51-70)102(16,17)18)36-43-87(91)105-88-44-37-67(71-52-79(103(19,20)21)62-80(53-71)104(22,23)24)56-92(88)107(82-41-34-64(35-42-82)69-48-75(99(7,8)9)60-76(49-69)100(10,11)12)94-58-72(57-93(106)95(94)105)65-38-45-90-86(54-65)85-30-27-29-84-83-28-25-26-31-89(83)108(90)96(84)85/h25-62H,1-24H3. The van der Waals surface area contributed by atoms with Gasteiger partial charge in [-0.1, -0.05) is 330 Å². The van der Waals surface area contributed by atoms with E-state index < -0.39 is 0 Å². The molecule has 2 aromatic heterocycles. The molecule has 0 N–H and O–H groups in total. The highest BCUT2D eigenvalue weighted by molar-refractivity contribution is 7.00. The van der Waals surface area contributed by atoms with E-state index in [9.17, 15) is 0 Å². The minimum Gasteiger partial charge on any atom is -0.311 e. The van der Waals surface area contributed by atoms with E-state index in [1.54, 1.807) is 0 Å². The molecule has 0 fully saturated rings. The van der Waals surface area contributed by atoms with Crippen molar-refractivity contribution in [1.82, 2.24) is 4.40 Å². The van der Waals surface area contributed by atoms with Gasteiger partial charge in [0.15, 0.2) is 0 Å². The zero-order chi connectivity index (χ0) is 76.8. The molecule has 0 spiro atoms. The van der Waals surface area contributed by atoms with Crippen LogP contribution < -0.4 is 26.2 Å². The molecule has 4 heteroatoms. The van der Waals surface area contributed by atoms with Crippen LogP contribution in [-0.4, -0.2) is 11.1 Å². The first-order chi connectivity index (χ1) is 50.5. The predicted molar refractivity (Wildman–Crippen MR) is 472 cm³/mol. The van der Waals surface area contributed by atoms with Crippen LogP contribution >= 0.6 is 0 Å². The van der Waals surface area contributed by atoms with Gasteiger partial charge in [-0.25, -0.2) is 0 Å². The maximum Gasteiger partial charge on any atom is 0.252 e. The summed E-state index contributed by atoms with van der Waals surface area (Å²) in [6.45, 7) is 56.2. The second-order valence-corrected chi connectivity index (χ2v) is 40.2. The Morgan fingerprint density at radius 1 is 0.213 bits per heavy atom. The average Bonchev–Trinajstić information content (AvgIpc) is 1.32. The number of anilines is 6. The van der Waals surface area contributed by atoms with Crippen LogP contribution in [0.1, 0.15) is 211 Å². The lowest BCUT2D eigenvalue weighted by Gasteiger charge is -2.45. The summed E-state index contributed by atoms with van der Waals surface area (Å²) in [5.74, 6) is 0. The van der Waals surface area contributed by atoms with Gasteiger partial charge in [-0.15, -0.1) is 0 Å². The monoisotopic (exact) mass is 1410 g/mol. The molecule has 0 atom stereocenters. The van der Waals surface area contributed by atoms with Crippen molar-refractivity contribution in [3.05, 3.63) is 275 Å². The van der Waals surface area contributed by atoms with E-state index in [1.807, 2.05) is 0 Å². The average molecular weight is 1410 g/mol. The third-order valence-corrected chi connectivity index (χ3v) is 23.9. The fourth-order valence-electron chi connectivity index (χ4n) is 16.9. The first-order valence-corrected chi connectivity index (χ1v) is 39.6. The molecular weight excluding hydrogens is 1300 g/mol. The third kappa shape index (κ3) is 12.7. The highest BCUT2D eigenvalue weighted by Crippen LogP contribution is 2.51. The number of fused-ring (bicyclic) bond motifs is 10. The van der Waals surface area contributed by atoms with Gasteiger partial charge in [-0.05, 0) is 227 Å². The van der Waals surface area contributed by atoms with E-state index in [-0.39, 0.29) is 50.0 Å². The smallest absolute Gasteiger partial charge is 0.252 e. The van der Waals surface area contributed by atoms with Gasteiger partial charge in [0.05, 0.1) is 16.6 Å². The van der Waals surface area contributed by atoms with Crippen LogP contribution in [0, 0.1) is 0 Å². The molecule has 0 aliphatic carbocycles. The molecule has 2 aliphatic rings. The van der Waals surface area contributed by atoms with Crippen molar-refractivity contribution in [1.29, 1.82) is 0 Å². The van der Waals surface area contributed by atoms with Crippen molar-refractivity contribution < 1.29 is 0 Å². The molecule has 0 amide bonds. The van der Waals surface area contributed by atoms with Crippen molar-refractivity contribution in [2.75, 3.05) is 9.80 Å². The van der Waals surface area contributed by atoms with Gasteiger partial charge in [0, 0.05) is 55.7 Å². The molecule has 0 bridgehead atoms. The van der Waals surface area contributed by atoms with Crippen LogP contribution in [0.2, 0.25) is 0 Å². The molecule has 544 valence electrons. The van der Waals surface area contributed by atoms with E-state index in [0.29, 0.717) is 0 Å². The summed E-state index contributed by atoms with van der Waals surface area (Å²) < 4.78 is 2.51. The van der Waals surface area contributed by atoms with E-state index in [4.69, 9.17) is 0 Å². The normalized spacial score (nSPS) is 13.9. The summed E-state index contributed by atoms with van der Waals surface area (Å²) in [6, 6.07) is 91.9. The molecule has 14 aromatic rings. The summed E-state index contributed by atoms with van der Waals surface area (Å²) in [5, 5.41) is 5.10. The largest absolute Gasteiger partial charge is 0.311 e. The van der Waals surface area contributed by atoms with Gasteiger partial charge in [-0.2, -0.15) is 0 Å². The Morgan fingerprint density at radius 2 is 0.491 bits per heavy atom. The fraction of sp³-hybridized carbons (Fsp3) is 0.308. The molecule has 108 heavy (non-hydrogen) atoms. The van der Waals surface area contributed by atoms with Gasteiger partial charge in [0.1, 0.15) is 0 Å². The first kappa shape index (κ1) is 72.3. The summed E-state index contributed by atoms with van der Waals surface area (Å²) in [6.07, 6.45) is 0. The molecule has 0 saturated carbocycles. The number of para-hydroxylation sites is 2. The Hall–Kier alpha value is -9.90. The number of aromatic nitrogens is 1. The number of nitrogens with zero attached hydrogens (tertiary/aromatic N) is 3. The lowest BCUT2D eigenvalue weighted by molar-refractivity contribution is 0.568. The topological polar surface area (TPSA) is 10.9 Å². The van der Waals surface area contributed by atoms with Gasteiger partial charge in [0.2, 0.25) is 0 Å². The van der Waals surface area contributed by atoms with Crippen molar-refractivity contribution in [3.8, 4) is 55.6 Å². The molecule has 0 saturated heterocycles. The van der Waals surface area contributed by atoms with Crippen molar-refractivity contribution in [3.63, 3.8) is 0 Å². The first-order valence-electron chi connectivity index (χ1n) is 39.6. The second kappa shape index (κ2) is 24.8. The SMILES string of the molecule is CC(C)(C)c1cc(-c2ccc(N3c4cc(-c5cc(C(C)(C)C)cc(C(C)(C)C)c5)ccc4B4c5ccc(-c6cc(C(C)(C)C)cc(C(C)(C)C)c6)cc5N(c5ccc(-c6cc(C(C)(C)C)cc(C(C)(C)C)c6)cc5)c5cc(-c6ccc7c(c6)c6cccc8c9ccccc9n7c86)cc3c54)cc2)cc(C(C)(C)C)c1. The highest BCUT2D eigenvalue weighted by Gasteiger charge is 2.45. The van der Waals surface area contributed by atoms with Gasteiger partial charge < -0.3 is 14.2 Å². The predicted octanol–water partition coefficient (Wildman–Crippen LogP) is 27.6. The van der Waals surface area contributed by atoms with E-state index in [1.165, 1.54) is 172 Å². The zero-order valence-electron chi connectivity index (χ0n) is 68.9. The van der Waals surface area contributed by atoms with Gasteiger partial charge in [0.25, 0.3) is 6.71 Å². The molecule has 4 heterocycles. The number of rotatable bonds is 7. The van der Waals surface area contributed by atoms with Crippen molar-refractivity contribution in [2.24, 2.45) is 0 Å². The Labute approximate surface area is 645 Å².